The van der Waals surface area contributed by atoms with Crippen LogP contribution in [0.15, 0.2) is 48.5 Å². The molecule has 1 aromatic heterocycles. The largest absolute Gasteiger partial charge is 0.356 e. The second kappa shape index (κ2) is 8.53. The lowest BCUT2D eigenvalue weighted by Gasteiger charge is -2.26. The first-order valence-electron chi connectivity index (χ1n) is 11.2. The van der Waals surface area contributed by atoms with Gasteiger partial charge in [0.05, 0.1) is 11.0 Å². The number of hydrogen-bond donors (Lipinski definition) is 0. The first-order chi connectivity index (χ1) is 15.6. The number of carbonyl (C=O) groups is 1. The van der Waals surface area contributed by atoms with E-state index in [0.717, 1.165) is 50.3 Å². The molecule has 0 saturated carbocycles. The summed E-state index contributed by atoms with van der Waals surface area (Å²) in [6.07, 6.45) is 6.13. The van der Waals surface area contributed by atoms with Gasteiger partial charge in [-0.25, -0.2) is 0 Å². The van der Waals surface area contributed by atoms with E-state index in [1.54, 1.807) is 36.4 Å². The summed E-state index contributed by atoms with van der Waals surface area (Å²) >= 11 is 0. The molecule has 1 fully saturated rings. The second-order valence-electron chi connectivity index (χ2n) is 8.44. The van der Waals surface area contributed by atoms with E-state index in [4.69, 9.17) is 0 Å². The average molecular weight is 431 g/mol. The lowest BCUT2D eigenvalue weighted by atomic mass is 10.0. The second-order valence-corrected chi connectivity index (χ2v) is 8.44. The van der Waals surface area contributed by atoms with Crippen molar-refractivity contribution in [1.29, 1.82) is 0 Å². The van der Waals surface area contributed by atoms with Crippen LogP contribution in [0.4, 0.5) is 11.4 Å². The minimum atomic E-state index is -0.392. The fraction of sp³-hybridized carbons (Fsp3) is 0.375. The molecule has 2 aliphatic heterocycles. The van der Waals surface area contributed by atoms with Crippen molar-refractivity contribution in [2.45, 2.75) is 51.1 Å². The van der Waals surface area contributed by atoms with Gasteiger partial charge in [-0.05, 0) is 37.8 Å². The van der Waals surface area contributed by atoms with Crippen LogP contribution < -0.4 is 4.90 Å². The number of nitro groups is 1. The van der Waals surface area contributed by atoms with Gasteiger partial charge in [-0.3, -0.25) is 14.9 Å². The normalized spacial score (nSPS) is 18.2. The molecule has 164 valence electrons. The Morgan fingerprint density at radius 3 is 2.62 bits per heavy atom. The molecule has 5 rings (SSSR count). The molecule has 1 saturated heterocycles. The Hall–Kier alpha value is -3.55. The standard InChI is InChI=1S/C24H25N5O3/c30-23(17-8-3-1-4-9-17)18-12-13-19(21(16-18)29(31)32)27-15-7-10-20(27)24-26-25-22-11-5-2-6-14-28(22)24/h1,3-4,8-9,12-13,16,20H,2,5-7,10-11,14-15H2. The van der Waals surface area contributed by atoms with Gasteiger partial charge in [0, 0.05) is 36.7 Å². The number of benzene rings is 2. The van der Waals surface area contributed by atoms with E-state index in [1.807, 2.05) is 6.07 Å². The van der Waals surface area contributed by atoms with Gasteiger partial charge >= 0.3 is 0 Å². The predicted octanol–water partition coefficient (Wildman–Crippen LogP) is 4.49. The molecule has 0 aliphatic carbocycles. The van der Waals surface area contributed by atoms with E-state index in [9.17, 15) is 14.9 Å². The van der Waals surface area contributed by atoms with Crippen LogP contribution in [0.5, 0.6) is 0 Å². The van der Waals surface area contributed by atoms with Crippen molar-refractivity contribution in [2.75, 3.05) is 11.4 Å². The maximum absolute atomic E-state index is 12.8. The molecule has 2 aromatic carbocycles. The zero-order chi connectivity index (χ0) is 22.1. The summed E-state index contributed by atoms with van der Waals surface area (Å²) in [6, 6.07) is 13.6. The van der Waals surface area contributed by atoms with Crippen molar-refractivity contribution >= 4 is 17.2 Å². The summed E-state index contributed by atoms with van der Waals surface area (Å²) < 4.78 is 2.22. The van der Waals surface area contributed by atoms with Crippen LogP contribution in [0.3, 0.4) is 0 Å². The maximum atomic E-state index is 12.8. The predicted molar refractivity (Wildman–Crippen MR) is 120 cm³/mol. The molecule has 3 aromatic rings. The van der Waals surface area contributed by atoms with E-state index >= 15 is 0 Å². The first kappa shape index (κ1) is 20.4. The number of ketones is 1. The quantitative estimate of drug-likeness (QED) is 0.336. The van der Waals surface area contributed by atoms with Crippen LogP contribution in [0.25, 0.3) is 0 Å². The number of nitro benzene ring substituents is 1. The number of anilines is 1. The van der Waals surface area contributed by atoms with Crippen LogP contribution in [-0.4, -0.2) is 32.0 Å². The molecule has 0 spiro atoms. The molecule has 0 N–H and O–H groups in total. The Labute approximate surface area is 186 Å². The molecular formula is C24H25N5O3. The van der Waals surface area contributed by atoms with Gasteiger partial charge in [-0.15, -0.1) is 10.2 Å². The Balaban J connectivity index is 1.50. The van der Waals surface area contributed by atoms with Crippen LogP contribution in [0.1, 0.15) is 65.7 Å². The van der Waals surface area contributed by atoms with Crippen molar-refractivity contribution < 1.29 is 9.72 Å². The highest BCUT2D eigenvalue weighted by Gasteiger charge is 2.35. The molecule has 32 heavy (non-hydrogen) atoms. The molecule has 1 unspecified atom stereocenters. The van der Waals surface area contributed by atoms with Gasteiger partial charge in [0.2, 0.25) is 0 Å². The van der Waals surface area contributed by atoms with Crippen LogP contribution in [0, 0.1) is 10.1 Å². The number of hydrogen-bond acceptors (Lipinski definition) is 6. The smallest absolute Gasteiger partial charge is 0.293 e. The third-order valence-electron chi connectivity index (χ3n) is 6.47. The molecule has 8 heteroatoms. The molecule has 2 aliphatic rings. The first-order valence-corrected chi connectivity index (χ1v) is 11.2. The molecule has 0 radical (unpaired) electrons. The Kier molecular flexibility index (Phi) is 5.43. The van der Waals surface area contributed by atoms with E-state index in [1.165, 1.54) is 12.5 Å². The van der Waals surface area contributed by atoms with Crippen LogP contribution in [-0.2, 0) is 13.0 Å². The van der Waals surface area contributed by atoms with Crippen LogP contribution in [0.2, 0.25) is 0 Å². The molecule has 0 amide bonds. The summed E-state index contributed by atoms with van der Waals surface area (Å²) in [7, 11) is 0. The van der Waals surface area contributed by atoms with Crippen LogP contribution >= 0.6 is 0 Å². The summed E-state index contributed by atoms with van der Waals surface area (Å²) in [4.78, 5) is 26.5. The minimum absolute atomic E-state index is 0.0470. The van der Waals surface area contributed by atoms with Gasteiger partial charge in [-0.1, -0.05) is 36.8 Å². The van der Waals surface area contributed by atoms with Gasteiger partial charge in [0.25, 0.3) is 5.69 Å². The number of carbonyl (C=O) groups excluding carboxylic acids is 1. The van der Waals surface area contributed by atoms with Gasteiger partial charge < -0.3 is 9.47 Å². The van der Waals surface area contributed by atoms with Gasteiger partial charge in [-0.2, -0.15) is 0 Å². The highest BCUT2D eigenvalue weighted by molar-refractivity contribution is 6.09. The zero-order valence-electron chi connectivity index (χ0n) is 17.8. The average Bonchev–Trinajstić information content (AvgIpc) is 3.39. The number of aromatic nitrogens is 3. The number of fused-ring (bicyclic) bond motifs is 1. The minimum Gasteiger partial charge on any atom is -0.356 e. The summed E-state index contributed by atoms with van der Waals surface area (Å²) in [5.41, 5.74) is 1.32. The van der Waals surface area contributed by atoms with Crippen molar-refractivity contribution in [3.05, 3.63) is 81.4 Å². The van der Waals surface area contributed by atoms with Crippen molar-refractivity contribution in [3.63, 3.8) is 0 Å². The number of aryl methyl sites for hydroxylation is 1. The fourth-order valence-electron chi connectivity index (χ4n) is 4.89. The molecular weight excluding hydrogens is 406 g/mol. The van der Waals surface area contributed by atoms with Gasteiger partial charge in [0.1, 0.15) is 11.5 Å². The lowest BCUT2D eigenvalue weighted by molar-refractivity contribution is -0.384. The Morgan fingerprint density at radius 2 is 1.81 bits per heavy atom. The van der Waals surface area contributed by atoms with Crippen molar-refractivity contribution in [2.24, 2.45) is 0 Å². The van der Waals surface area contributed by atoms with Crippen molar-refractivity contribution in [1.82, 2.24) is 14.8 Å². The lowest BCUT2D eigenvalue weighted by Crippen LogP contribution is -2.26. The Morgan fingerprint density at radius 1 is 0.969 bits per heavy atom. The van der Waals surface area contributed by atoms with E-state index in [2.05, 4.69) is 19.7 Å². The SMILES string of the molecule is O=C(c1ccccc1)c1ccc(N2CCCC2c2nnc3n2CCCCC3)c([N+](=O)[O-])c1. The summed E-state index contributed by atoms with van der Waals surface area (Å²) in [5.74, 6) is 1.70. The maximum Gasteiger partial charge on any atom is 0.293 e. The van der Waals surface area contributed by atoms with E-state index in [0.29, 0.717) is 23.4 Å². The van der Waals surface area contributed by atoms with E-state index < -0.39 is 4.92 Å². The monoisotopic (exact) mass is 431 g/mol. The molecule has 1 atom stereocenters. The highest BCUT2D eigenvalue weighted by Crippen LogP contribution is 2.41. The fourth-order valence-corrected chi connectivity index (χ4v) is 4.89. The van der Waals surface area contributed by atoms with Crippen molar-refractivity contribution in [3.8, 4) is 0 Å². The van der Waals surface area contributed by atoms with Gasteiger partial charge in [0.15, 0.2) is 11.6 Å². The Bertz CT molecular complexity index is 1160. The molecule has 8 nitrogen and oxygen atoms in total. The summed E-state index contributed by atoms with van der Waals surface area (Å²) in [6.45, 7) is 1.61. The molecule has 3 heterocycles. The zero-order valence-corrected chi connectivity index (χ0v) is 17.8. The third kappa shape index (κ3) is 3.66. The third-order valence-corrected chi connectivity index (χ3v) is 6.47. The molecule has 0 bridgehead atoms. The summed E-state index contributed by atoms with van der Waals surface area (Å²) in [5, 5.41) is 20.9. The topological polar surface area (TPSA) is 94.2 Å². The van der Waals surface area contributed by atoms with E-state index in [-0.39, 0.29) is 17.5 Å². The highest BCUT2D eigenvalue weighted by atomic mass is 16.6. The number of nitrogens with zero attached hydrogens (tertiary/aromatic N) is 5. The number of rotatable bonds is 5.